The Morgan fingerprint density at radius 2 is 1.83 bits per heavy atom. The van der Waals surface area contributed by atoms with Crippen molar-refractivity contribution in [3.63, 3.8) is 0 Å². The molecule has 0 atom stereocenters. The number of nitrogens with zero attached hydrogens (tertiary/aromatic N) is 3. The van der Waals surface area contributed by atoms with E-state index in [1.54, 1.807) is 19.2 Å². The molecule has 2 aromatic carbocycles. The molecule has 7 heteroatoms. The van der Waals surface area contributed by atoms with Gasteiger partial charge in [0.2, 0.25) is 5.91 Å². The second kappa shape index (κ2) is 8.12. The van der Waals surface area contributed by atoms with E-state index in [0.29, 0.717) is 15.9 Å². The number of rotatable bonds is 5. The van der Waals surface area contributed by atoms with Crippen LogP contribution in [0.15, 0.2) is 65.7 Å². The molecule has 1 N–H and O–H groups in total. The molecule has 30 heavy (non-hydrogen) atoms. The third kappa shape index (κ3) is 3.71. The van der Waals surface area contributed by atoms with Crippen molar-refractivity contribution in [3.05, 3.63) is 76.2 Å². The van der Waals surface area contributed by atoms with Gasteiger partial charge < -0.3 is 10.0 Å². The highest BCUT2D eigenvalue weighted by Crippen LogP contribution is 2.35. The van der Waals surface area contributed by atoms with E-state index < -0.39 is 0 Å². The fraction of sp³-hybridized carbons (Fsp3) is 0.174. The van der Waals surface area contributed by atoms with Crippen LogP contribution in [-0.2, 0) is 11.3 Å². The number of thiophene rings is 1. The summed E-state index contributed by atoms with van der Waals surface area (Å²) in [5, 5.41) is 10.0. The summed E-state index contributed by atoms with van der Waals surface area (Å²) < 4.78 is 1.50. The standard InChI is InChI=1S/C23H21N3O3S/c1-15-20(16-6-4-3-5-7-16)21-22(30-15)24-14-26(23(21)29)13-12-19(28)25(2)17-8-10-18(27)11-9-17/h3-11,14,27H,12-13H2,1-2H3. The molecule has 0 unspecified atom stereocenters. The summed E-state index contributed by atoms with van der Waals surface area (Å²) in [5.41, 5.74) is 2.44. The van der Waals surface area contributed by atoms with E-state index in [9.17, 15) is 14.7 Å². The Morgan fingerprint density at radius 3 is 2.53 bits per heavy atom. The maximum absolute atomic E-state index is 13.2. The summed E-state index contributed by atoms with van der Waals surface area (Å²) in [5.74, 6) is 0.0169. The van der Waals surface area contributed by atoms with Crippen LogP contribution < -0.4 is 10.5 Å². The zero-order valence-corrected chi connectivity index (χ0v) is 17.5. The van der Waals surface area contributed by atoms with Crippen molar-refractivity contribution in [2.75, 3.05) is 11.9 Å². The Balaban J connectivity index is 1.61. The van der Waals surface area contributed by atoms with Gasteiger partial charge in [-0.1, -0.05) is 30.3 Å². The van der Waals surface area contributed by atoms with Gasteiger partial charge >= 0.3 is 0 Å². The van der Waals surface area contributed by atoms with Crippen LogP contribution in [0.1, 0.15) is 11.3 Å². The number of fused-ring (bicyclic) bond motifs is 1. The number of carbonyl (C=O) groups is 1. The van der Waals surface area contributed by atoms with Crippen LogP contribution in [0.25, 0.3) is 21.3 Å². The van der Waals surface area contributed by atoms with Crippen LogP contribution in [0.2, 0.25) is 0 Å². The normalized spacial score (nSPS) is 11.0. The minimum atomic E-state index is -0.136. The van der Waals surface area contributed by atoms with Crippen molar-refractivity contribution in [1.29, 1.82) is 0 Å². The van der Waals surface area contributed by atoms with E-state index >= 15 is 0 Å². The monoisotopic (exact) mass is 419 g/mol. The number of anilines is 1. The molecular weight excluding hydrogens is 398 g/mol. The second-order valence-electron chi connectivity index (χ2n) is 7.04. The topological polar surface area (TPSA) is 75.4 Å². The SMILES string of the molecule is Cc1sc2ncn(CCC(=O)N(C)c3ccc(O)cc3)c(=O)c2c1-c1ccccc1. The summed E-state index contributed by atoms with van der Waals surface area (Å²) in [7, 11) is 1.68. The first-order chi connectivity index (χ1) is 14.5. The molecule has 6 nitrogen and oxygen atoms in total. The van der Waals surface area contributed by atoms with Gasteiger partial charge in [-0.2, -0.15) is 0 Å². The molecule has 0 radical (unpaired) electrons. The third-order valence-corrected chi connectivity index (χ3v) is 6.11. The number of phenolic OH excluding ortho intramolecular Hbond substituents is 1. The Morgan fingerprint density at radius 1 is 1.13 bits per heavy atom. The highest BCUT2D eigenvalue weighted by Gasteiger charge is 2.18. The molecule has 0 spiro atoms. The smallest absolute Gasteiger partial charge is 0.262 e. The van der Waals surface area contributed by atoms with Gasteiger partial charge in [0.1, 0.15) is 10.6 Å². The number of amides is 1. The second-order valence-corrected chi connectivity index (χ2v) is 8.24. The van der Waals surface area contributed by atoms with Crippen LogP contribution in [0.3, 0.4) is 0 Å². The van der Waals surface area contributed by atoms with E-state index in [4.69, 9.17) is 0 Å². The first-order valence-corrected chi connectivity index (χ1v) is 10.4. The van der Waals surface area contributed by atoms with Gasteiger partial charge in [-0.05, 0) is 36.8 Å². The Hall–Kier alpha value is -3.45. The van der Waals surface area contributed by atoms with Gasteiger partial charge in [-0.15, -0.1) is 11.3 Å². The number of hydrogen-bond acceptors (Lipinski definition) is 5. The molecule has 4 rings (SSSR count). The van der Waals surface area contributed by atoms with Crippen LogP contribution in [0.4, 0.5) is 5.69 Å². The van der Waals surface area contributed by atoms with Gasteiger partial charge in [-0.3, -0.25) is 14.2 Å². The predicted molar refractivity (Wildman–Crippen MR) is 120 cm³/mol. The number of hydrogen-bond donors (Lipinski definition) is 1. The fourth-order valence-corrected chi connectivity index (χ4v) is 4.46. The van der Waals surface area contributed by atoms with E-state index in [-0.39, 0.29) is 30.2 Å². The molecule has 0 bridgehead atoms. The highest BCUT2D eigenvalue weighted by atomic mass is 32.1. The van der Waals surface area contributed by atoms with E-state index in [1.165, 1.54) is 39.3 Å². The Bertz CT molecular complexity index is 1260. The first kappa shape index (κ1) is 19.8. The van der Waals surface area contributed by atoms with Crippen LogP contribution in [0, 0.1) is 6.92 Å². The Kier molecular flexibility index (Phi) is 5.37. The van der Waals surface area contributed by atoms with Crippen LogP contribution in [-0.4, -0.2) is 27.6 Å². The Labute approximate surface area is 177 Å². The highest BCUT2D eigenvalue weighted by molar-refractivity contribution is 7.19. The molecular formula is C23H21N3O3S. The lowest BCUT2D eigenvalue weighted by atomic mass is 10.0. The molecule has 152 valence electrons. The number of benzene rings is 2. The average Bonchev–Trinajstić information content (AvgIpc) is 3.10. The largest absolute Gasteiger partial charge is 0.508 e. The van der Waals surface area contributed by atoms with Gasteiger partial charge in [0.15, 0.2) is 0 Å². The lowest BCUT2D eigenvalue weighted by Gasteiger charge is -2.17. The zero-order valence-electron chi connectivity index (χ0n) is 16.7. The molecule has 1 amide bonds. The minimum absolute atomic E-state index is 0.127. The van der Waals surface area contributed by atoms with E-state index in [1.807, 2.05) is 37.3 Å². The number of carbonyl (C=O) groups excluding carboxylic acids is 1. The number of phenols is 1. The third-order valence-electron chi connectivity index (χ3n) is 5.09. The van der Waals surface area contributed by atoms with Crippen LogP contribution >= 0.6 is 11.3 Å². The summed E-state index contributed by atoms with van der Waals surface area (Å²) in [6.07, 6.45) is 1.68. The lowest BCUT2D eigenvalue weighted by Crippen LogP contribution is -2.29. The van der Waals surface area contributed by atoms with Crippen molar-refractivity contribution in [2.24, 2.45) is 0 Å². The lowest BCUT2D eigenvalue weighted by molar-refractivity contribution is -0.118. The van der Waals surface area contributed by atoms with Gasteiger partial charge in [0.25, 0.3) is 5.56 Å². The summed E-state index contributed by atoms with van der Waals surface area (Å²) in [4.78, 5) is 33.5. The molecule has 0 saturated carbocycles. The molecule has 0 aliphatic rings. The summed E-state index contributed by atoms with van der Waals surface area (Å²) >= 11 is 1.50. The number of aromatic nitrogens is 2. The molecule has 0 fully saturated rings. The maximum atomic E-state index is 13.2. The van der Waals surface area contributed by atoms with Crippen molar-refractivity contribution in [1.82, 2.24) is 9.55 Å². The first-order valence-electron chi connectivity index (χ1n) is 9.55. The molecule has 2 heterocycles. The van der Waals surface area contributed by atoms with Crippen molar-refractivity contribution in [3.8, 4) is 16.9 Å². The van der Waals surface area contributed by atoms with Crippen molar-refractivity contribution < 1.29 is 9.90 Å². The fourth-order valence-electron chi connectivity index (χ4n) is 3.45. The molecule has 0 aliphatic heterocycles. The summed E-state index contributed by atoms with van der Waals surface area (Å²) in [6, 6.07) is 16.2. The van der Waals surface area contributed by atoms with Gasteiger partial charge in [0.05, 0.1) is 11.7 Å². The van der Waals surface area contributed by atoms with E-state index in [0.717, 1.165) is 16.0 Å². The van der Waals surface area contributed by atoms with Crippen molar-refractivity contribution in [2.45, 2.75) is 19.9 Å². The predicted octanol–water partition coefficient (Wildman–Crippen LogP) is 4.19. The number of aryl methyl sites for hydroxylation is 2. The quantitative estimate of drug-likeness (QED) is 0.526. The van der Waals surface area contributed by atoms with Crippen molar-refractivity contribution >= 4 is 33.1 Å². The zero-order chi connectivity index (χ0) is 21.3. The van der Waals surface area contributed by atoms with E-state index in [2.05, 4.69) is 4.98 Å². The molecule has 0 saturated heterocycles. The summed E-state index contributed by atoms with van der Waals surface area (Å²) in [6.45, 7) is 2.24. The molecule has 2 aromatic heterocycles. The molecule has 0 aliphatic carbocycles. The maximum Gasteiger partial charge on any atom is 0.262 e. The van der Waals surface area contributed by atoms with Gasteiger partial charge in [0, 0.05) is 36.1 Å². The number of aromatic hydroxyl groups is 1. The van der Waals surface area contributed by atoms with Gasteiger partial charge in [-0.25, -0.2) is 4.98 Å². The average molecular weight is 420 g/mol. The van der Waals surface area contributed by atoms with Crippen LogP contribution in [0.5, 0.6) is 5.75 Å². The molecule has 4 aromatic rings. The minimum Gasteiger partial charge on any atom is -0.508 e.